The molecule has 0 amide bonds. The van der Waals surface area contributed by atoms with E-state index in [2.05, 4.69) is 60.6 Å². The number of benzene rings is 1. The maximum Gasteiger partial charge on any atom is 0.0971 e. The fourth-order valence-electron chi connectivity index (χ4n) is 1.98. The van der Waals surface area contributed by atoms with Gasteiger partial charge < -0.3 is 5.32 Å². The Morgan fingerprint density at radius 1 is 1.24 bits per heavy atom. The van der Waals surface area contributed by atoms with Gasteiger partial charge in [0, 0.05) is 23.4 Å². The molecule has 3 nitrogen and oxygen atoms in total. The van der Waals surface area contributed by atoms with Crippen LogP contribution < -0.4 is 5.32 Å². The van der Waals surface area contributed by atoms with Gasteiger partial charge >= 0.3 is 0 Å². The van der Waals surface area contributed by atoms with Crippen LogP contribution in [-0.2, 0) is 6.54 Å². The quantitative estimate of drug-likeness (QED) is 0.846. The Hall–Kier alpha value is -1.61. The minimum atomic E-state index is 0.864. The molecule has 0 unspecified atom stereocenters. The lowest BCUT2D eigenvalue weighted by Gasteiger charge is -2.07. The number of aromatic nitrogens is 2. The minimum absolute atomic E-state index is 0.864. The Morgan fingerprint density at radius 3 is 2.71 bits per heavy atom. The van der Waals surface area contributed by atoms with Crippen molar-refractivity contribution >= 4 is 0 Å². The van der Waals surface area contributed by atoms with Crippen LogP contribution in [0.1, 0.15) is 23.7 Å². The van der Waals surface area contributed by atoms with Crippen LogP contribution in [-0.4, -0.2) is 16.7 Å². The average molecular weight is 229 g/mol. The van der Waals surface area contributed by atoms with Gasteiger partial charge in [-0.1, -0.05) is 31.2 Å². The first-order chi connectivity index (χ1) is 8.24. The van der Waals surface area contributed by atoms with Crippen molar-refractivity contribution in [1.29, 1.82) is 0 Å². The zero-order valence-corrected chi connectivity index (χ0v) is 10.7. The fourth-order valence-corrected chi connectivity index (χ4v) is 1.98. The third-order valence-corrected chi connectivity index (χ3v) is 3.03. The molecular weight excluding hydrogens is 210 g/mol. The molecule has 0 saturated carbocycles. The molecule has 1 heterocycles. The van der Waals surface area contributed by atoms with Crippen molar-refractivity contribution in [2.45, 2.75) is 27.3 Å². The van der Waals surface area contributed by atoms with Crippen molar-refractivity contribution in [3.8, 4) is 11.3 Å². The van der Waals surface area contributed by atoms with Crippen molar-refractivity contribution in [3.63, 3.8) is 0 Å². The summed E-state index contributed by atoms with van der Waals surface area (Å²) in [7, 11) is 0. The molecule has 0 aliphatic carbocycles. The molecule has 90 valence electrons. The number of aryl methyl sites for hydroxylation is 2. The molecule has 2 N–H and O–H groups in total. The van der Waals surface area contributed by atoms with Crippen LogP contribution >= 0.6 is 0 Å². The van der Waals surface area contributed by atoms with Gasteiger partial charge in [0.15, 0.2) is 0 Å². The van der Waals surface area contributed by atoms with Gasteiger partial charge in [-0.2, -0.15) is 5.10 Å². The Kier molecular flexibility index (Phi) is 3.59. The van der Waals surface area contributed by atoms with E-state index in [0.29, 0.717) is 0 Å². The molecular formula is C14H19N3. The highest BCUT2D eigenvalue weighted by molar-refractivity contribution is 5.67. The van der Waals surface area contributed by atoms with E-state index >= 15 is 0 Å². The summed E-state index contributed by atoms with van der Waals surface area (Å²) in [6.07, 6.45) is 0. The first-order valence-corrected chi connectivity index (χ1v) is 6.04. The molecule has 0 aliphatic heterocycles. The molecule has 0 fully saturated rings. The highest BCUT2D eigenvalue weighted by Gasteiger charge is 2.12. The van der Waals surface area contributed by atoms with Crippen LogP contribution in [0.2, 0.25) is 0 Å². The summed E-state index contributed by atoms with van der Waals surface area (Å²) in [5.74, 6) is 0. The molecule has 2 rings (SSSR count). The second-order valence-electron chi connectivity index (χ2n) is 4.27. The van der Waals surface area contributed by atoms with Crippen LogP contribution in [0.4, 0.5) is 0 Å². The van der Waals surface area contributed by atoms with E-state index in [4.69, 9.17) is 0 Å². The van der Waals surface area contributed by atoms with Crippen LogP contribution in [0.25, 0.3) is 11.3 Å². The van der Waals surface area contributed by atoms with Crippen LogP contribution in [0.15, 0.2) is 24.3 Å². The monoisotopic (exact) mass is 229 g/mol. The number of nitrogens with one attached hydrogen (secondary N) is 2. The summed E-state index contributed by atoms with van der Waals surface area (Å²) in [4.78, 5) is 0. The van der Waals surface area contributed by atoms with Crippen molar-refractivity contribution in [3.05, 3.63) is 41.1 Å². The third-order valence-electron chi connectivity index (χ3n) is 3.03. The summed E-state index contributed by atoms with van der Waals surface area (Å²) >= 11 is 0. The number of H-pyrrole nitrogens is 1. The van der Waals surface area contributed by atoms with Crippen LogP contribution in [0.3, 0.4) is 0 Å². The summed E-state index contributed by atoms with van der Waals surface area (Å²) < 4.78 is 0. The van der Waals surface area contributed by atoms with Crippen molar-refractivity contribution in [1.82, 2.24) is 15.5 Å². The van der Waals surface area contributed by atoms with Gasteiger partial charge in [0.2, 0.25) is 0 Å². The van der Waals surface area contributed by atoms with E-state index < -0.39 is 0 Å². The molecule has 0 atom stereocenters. The van der Waals surface area contributed by atoms with E-state index in [0.717, 1.165) is 24.5 Å². The zero-order chi connectivity index (χ0) is 12.3. The Balaban J connectivity index is 2.42. The van der Waals surface area contributed by atoms with E-state index in [1.54, 1.807) is 0 Å². The standard InChI is InChI=1S/C14H19N3/c1-4-15-9-13-11(3)16-17-14(13)12-8-6-5-7-10(12)2/h5-8,15H,4,9H2,1-3H3,(H,16,17). The van der Waals surface area contributed by atoms with Gasteiger partial charge in [0.05, 0.1) is 5.69 Å². The lowest BCUT2D eigenvalue weighted by Crippen LogP contribution is -2.12. The molecule has 0 aliphatic rings. The van der Waals surface area contributed by atoms with E-state index in [1.807, 2.05) is 0 Å². The lowest BCUT2D eigenvalue weighted by molar-refractivity contribution is 0.725. The molecule has 0 bridgehead atoms. The molecule has 0 spiro atoms. The zero-order valence-electron chi connectivity index (χ0n) is 10.7. The van der Waals surface area contributed by atoms with Crippen molar-refractivity contribution in [2.75, 3.05) is 6.54 Å². The second kappa shape index (κ2) is 5.15. The highest BCUT2D eigenvalue weighted by Crippen LogP contribution is 2.26. The van der Waals surface area contributed by atoms with Gasteiger partial charge in [-0.05, 0) is 26.0 Å². The predicted molar refractivity (Wildman–Crippen MR) is 70.9 cm³/mol. The van der Waals surface area contributed by atoms with E-state index in [1.165, 1.54) is 16.7 Å². The van der Waals surface area contributed by atoms with Gasteiger partial charge in [-0.25, -0.2) is 0 Å². The van der Waals surface area contributed by atoms with E-state index in [9.17, 15) is 0 Å². The Bertz CT molecular complexity index is 500. The molecule has 17 heavy (non-hydrogen) atoms. The van der Waals surface area contributed by atoms with Crippen LogP contribution in [0, 0.1) is 13.8 Å². The highest BCUT2D eigenvalue weighted by atomic mass is 15.1. The summed E-state index contributed by atoms with van der Waals surface area (Å²) in [6, 6.07) is 8.36. The number of nitrogens with zero attached hydrogens (tertiary/aromatic N) is 1. The number of hydrogen-bond acceptors (Lipinski definition) is 2. The Morgan fingerprint density at radius 2 is 2.00 bits per heavy atom. The topological polar surface area (TPSA) is 40.7 Å². The number of rotatable bonds is 4. The average Bonchev–Trinajstić information content (AvgIpc) is 2.69. The van der Waals surface area contributed by atoms with Crippen molar-refractivity contribution < 1.29 is 0 Å². The Labute approximate surface area is 102 Å². The smallest absolute Gasteiger partial charge is 0.0971 e. The number of hydrogen-bond donors (Lipinski definition) is 2. The normalized spacial score (nSPS) is 10.8. The molecule has 0 saturated heterocycles. The fraction of sp³-hybridized carbons (Fsp3) is 0.357. The maximum atomic E-state index is 4.43. The van der Waals surface area contributed by atoms with Gasteiger partial charge in [-0.3, -0.25) is 5.10 Å². The van der Waals surface area contributed by atoms with Gasteiger partial charge in [0.25, 0.3) is 0 Å². The summed E-state index contributed by atoms with van der Waals surface area (Å²) in [5.41, 5.74) is 5.95. The van der Waals surface area contributed by atoms with E-state index in [-0.39, 0.29) is 0 Å². The van der Waals surface area contributed by atoms with Gasteiger partial charge in [0.1, 0.15) is 0 Å². The predicted octanol–water partition coefficient (Wildman–Crippen LogP) is 2.80. The molecule has 2 aromatic rings. The summed E-state index contributed by atoms with van der Waals surface area (Å²) in [5, 5.41) is 10.9. The minimum Gasteiger partial charge on any atom is -0.313 e. The third kappa shape index (κ3) is 2.39. The number of aromatic amines is 1. The summed E-state index contributed by atoms with van der Waals surface area (Å²) in [6.45, 7) is 8.14. The molecule has 0 radical (unpaired) electrons. The molecule has 1 aromatic heterocycles. The maximum absolute atomic E-state index is 4.43. The molecule has 1 aromatic carbocycles. The van der Waals surface area contributed by atoms with Crippen molar-refractivity contribution in [2.24, 2.45) is 0 Å². The second-order valence-corrected chi connectivity index (χ2v) is 4.27. The lowest BCUT2D eigenvalue weighted by atomic mass is 10.0. The largest absolute Gasteiger partial charge is 0.313 e. The van der Waals surface area contributed by atoms with Crippen LogP contribution in [0.5, 0.6) is 0 Å². The SMILES string of the molecule is CCNCc1c(-c2ccccc2C)n[nH]c1C. The molecule has 3 heteroatoms. The first kappa shape index (κ1) is 11.9. The van der Waals surface area contributed by atoms with Gasteiger partial charge in [-0.15, -0.1) is 0 Å². The first-order valence-electron chi connectivity index (χ1n) is 6.04.